The topological polar surface area (TPSA) is 66.3 Å². The molecule has 0 aliphatic carbocycles. The molecule has 130 valence electrons. The molecular formula is C16H24N6OS. The summed E-state index contributed by atoms with van der Waals surface area (Å²) in [6, 6.07) is 2.64. The molecule has 1 N–H and O–H groups in total. The first-order valence-electron chi connectivity index (χ1n) is 8.37. The van der Waals surface area contributed by atoms with Crippen molar-refractivity contribution in [3.63, 3.8) is 0 Å². The second-order valence-electron chi connectivity index (χ2n) is 6.01. The fourth-order valence-corrected chi connectivity index (χ4v) is 3.68. The van der Waals surface area contributed by atoms with E-state index in [0.717, 1.165) is 39.1 Å². The van der Waals surface area contributed by atoms with Crippen LogP contribution in [0.15, 0.2) is 29.2 Å². The summed E-state index contributed by atoms with van der Waals surface area (Å²) in [6.45, 7) is 7.07. The standard InChI is InChI=1S/C16H24N6OS/c1-14(15-3-12-24-13-15)20-8-10-21(11-9-20)16(23)17-4-2-6-22-7-5-18-19-22/h3,5,7,12-14H,2,4,6,8-11H2,1H3,(H,17,23)/t14-/m1/s1. The lowest BCUT2D eigenvalue weighted by Crippen LogP contribution is -2.52. The molecule has 8 heteroatoms. The average molecular weight is 348 g/mol. The van der Waals surface area contributed by atoms with Gasteiger partial charge in [-0.1, -0.05) is 5.21 Å². The molecule has 0 radical (unpaired) electrons. The summed E-state index contributed by atoms with van der Waals surface area (Å²) in [5.41, 5.74) is 1.37. The highest BCUT2D eigenvalue weighted by Gasteiger charge is 2.24. The predicted molar refractivity (Wildman–Crippen MR) is 93.9 cm³/mol. The van der Waals surface area contributed by atoms with Crippen molar-refractivity contribution >= 4 is 17.4 Å². The SMILES string of the molecule is C[C@H](c1ccsc1)N1CCN(C(=O)NCCCn2ccnn2)CC1. The van der Waals surface area contributed by atoms with E-state index in [1.807, 2.05) is 11.1 Å². The lowest BCUT2D eigenvalue weighted by Gasteiger charge is -2.37. The van der Waals surface area contributed by atoms with Gasteiger partial charge in [0, 0.05) is 51.5 Å². The molecule has 1 saturated heterocycles. The third-order valence-electron chi connectivity index (χ3n) is 4.49. The normalized spacial score (nSPS) is 17.0. The van der Waals surface area contributed by atoms with Gasteiger partial charge in [0.2, 0.25) is 0 Å². The number of carbonyl (C=O) groups excluding carboxylic acids is 1. The Labute approximate surface area is 146 Å². The first kappa shape index (κ1) is 16.9. The summed E-state index contributed by atoms with van der Waals surface area (Å²) in [5, 5.41) is 15.0. The largest absolute Gasteiger partial charge is 0.338 e. The van der Waals surface area contributed by atoms with Gasteiger partial charge in [0.1, 0.15) is 0 Å². The molecule has 1 aliphatic heterocycles. The fraction of sp³-hybridized carbons (Fsp3) is 0.562. The van der Waals surface area contributed by atoms with E-state index in [1.54, 1.807) is 22.2 Å². The Morgan fingerprint density at radius 1 is 1.38 bits per heavy atom. The maximum atomic E-state index is 12.2. The lowest BCUT2D eigenvalue weighted by molar-refractivity contribution is 0.114. The fourth-order valence-electron chi connectivity index (χ4n) is 2.94. The number of aryl methyl sites for hydroxylation is 1. The van der Waals surface area contributed by atoms with Crippen molar-refractivity contribution in [1.82, 2.24) is 30.1 Å². The number of nitrogens with zero attached hydrogens (tertiary/aromatic N) is 5. The van der Waals surface area contributed by atoms with Crippen LogP contribution in [0.4, 0.5) is 4.79 Å². The molecule has 1 aliphatic rings. The number of nitrogens with one attached hydrogen (secondary N) is 1. The second-order valence-corrected chi connectivity index (χ2v) is 6.79. The van der Waals surface area contributed by atoms with Crippen molar-refractivity contribution in [2.75, 3.05) is 32.7 Å². The molecule has 0 spiro atoms. The highest BCUT2D eigenvalue weighted by atomic mass is 32.1. The smallest absolute Gasteiger partial charge is 0.317 e. The van der Waals surface area contributed by atoms with E-state index in [1.165, 1.54) is 5.56 Å². The minimum Gasteiger partial charge on any atom is -0.338 e. The van der Waals surface area contributed by atoms with Gasteiger partial charge >= 0.3 is 6.03 Å². The minimum atomic E-state index is 0.0384. The molecule has 24 heavy (non-hydrogen) atoms. The minimum absolute atomic E-state index is 0.0384. The molecule has 2 amide bonds. The van der Waals surface area contributed by atoms with Gasteiger partial charge in [0.05, 0.1) is 6.20 Å². The van der Waals surface area contributed by atoms with Crippen molar-refractivity contribution in [2.24, 2.45) is 0 Å². The van der Waals surface area contributed by atoms with Crippen LogP contribution < -0.4 is 5.32 Å². The van der Waals surface area contributed by atoms with Crippen molar-refractivity contribution in [1.29, 1.82) is 0 Å². The first-order chi connectivity index (χ1) is 11.7. The summed E-state index contributed by atoms with van der Waals surface area (Å²) >= 11 is 1.74. The molecule has 3 rings (SSSR count). The van der Waals surface area contributed by atoms with E-state index >= 15 is 0 Å². The third kappa shape index (κ3) is 4.33. The van der Waals surface area contributed by atoms with Crippen LogP contribution in [0.5, 0.6) is 0 Å². The maximum absolute atomic E-state index is 12.2. The zero-order valence-corrected chi connectivity index (χ0v) is 14.8. The number of rotatable bonds is 6. The molecule has 1 atom stereocenters. The van der Waals surface area contributed by atoms with Gasteiger partial charge in [0.15, 0.2) is 0 Å². The summed E-state index contributed by atoms with van der Waals surface area (Å²) in [6.07, 6.45) is 4.34. The molecule has 0 aromatic carbocycles. The van der Waals surface area contributed by atoms with E-state index in [4.69, 9.17) is 0 Å². The molecule has 0 bridgehead atoms. The van der Waals surface area contributed by atoms with E-state index in [9.17, 15) is 4.79 Å². The zero-order valence-electron chi connectivity index (χ0n) is 14.0. The Kier molecular flexibility index (Phi) is 5.81. The quantitative estimate of drug-likeness (QED) is 0.809. The summed E-state index contributed by atoms with van der Waals surface area (Å²) in [4.78, 5) is 16.6. The van der Waals surface area contributed by atoms with Crippen LogP contribution >= 0.6 is 11.3 Å². The van der Waals surface area contributed by atoms with Gasteiger partial charge in [-0.3, -0.25) is 9.58 Å². The van der Waals surface area contributed by atoms with Crippen molar-refractivity contribution in [3.05, 3.63) is 34.8 Å². The number of hydrogen-bond donors (Lipinski definition) is 1. The number of aromatic nitrogens is 3. The number of amides is 2. The number of piperazine rings is 1. The van der Waals surface area contributed by atoms with Gasteiger partial charge in [-0.05, 0) is 35.7 Å². The Morgan fingerprint density at radius 2 is 2.21 bits per heavy atom. The Bertz CT molecular complexity index is 607. The average Bonchev–Trinajstić information content (AvgIpc) is 3.31. The number of carbonyl (C=O) groups is 1. The van der Waals surface area contributed by atoms with E-state index in [-0.39, 0.29) is 6.03 Å². The highest BCUT2D eigenvalue weighted by molar-refractivity contribution is 7.07. The van der Waals surface area contributed by atoms with Crippen LogP contribution in [0, 0.1) is 0 Å². The molecule has 0 saturated carbocycles. The summed E-state index contributed by atoms with van der Waals surface area (Å²) in [5.74, 6) is 0. The van der Waals surface area contributed by atoms with Crippen LogP contribution in [0.1, 0.15) is 24.9 Å². The number of hydrogen-bond acceptors (Lipinski definition) is 5. The summed E-state index contributed by atoms with van der Waals surface area (Å²) < 4.78 is 1.77. The molecule has 2 aromatic heterocycles. The third-order valence-corrected chi connectivity index (χ3v) is 5.19. The molecule has 1 fully saturated rings. The Hall–Kier alpha value is -1.93. The molecular weight excluding hydrogens is 324 g/mol. The Morgan fingerprint density at radius 3 is 2.88 bits per heavy atom. The molecule has 3 heterocycles. The zero-order chi connectivity index (χ0) is 16.8. The van der Waals surface area contributed by atoms with Crippen LogP contribution in [-0.2, 0) is 6.54 Å². The van der Waals surface area contributed by atoms with E-state index < -0.39 is 0 Å². The van der Waals surface area contributed by atoms with Gasteiger partial charge in [-0.15, -0.1) is 5.10 Å². The van der Waals surface area contributed by atoms with Crippen molar-refractivity contribution < 1.29 is 4.79 Å². The van der Waals surface area contributed by atoms with Gasteiger partial charge < -0.3 is 10.2 Å². The highest BCUT2D eigenvalue weighted by Crippen LogP contribution is 2.23. The second kappa shape index (κ2) is 8.25. The first-order valence-corrected chi connectivity index (χ1v) is 9.31. The van der Waals surface area contributed by atoms with Crippen LogP contribution in [0.3, 0.4) is 0 Å². The van der Waals surface area contributed by atoms with Crippen LogP contribution in [0.2, 0.25) is 0 Å². The van der Waals surface area contributed by atoms with Crippen LogP contribution in [0.25, 0.3) is 0 Å². The summed E-state index contributed by atoms with van der Waals surface area (Å²) in [7, 11) is 0. The van der Waals surface area contributed by atoms with E-state index in [0.29, 0.717) is 12.6 Å². The molecule has 7 nitrogen and oxygen atoms in total. The van der Waals surface area contributed by atoms with Crippen molar-refractivity contribution in [3.8, 4) is 0 Å². The maximum Gasteiger partial charge on any atom is 0.317 e. The van der Waals surface area contributed by atoms with Gasteiger partial charge in [0.25, 0.3) is 0 Å². The van der Waals surface area contributed by atoms with Gasteiger partial charge in [-0.25, -0.2) is 4.79 Å². The van der Waals surface area contributed by atoms with Crippen LogP contribution in [-0.4, -0.2) is 63.5 Å². The Balaban J connectivity index is 1.35. The van der Waals surface area contributed by atoms with Crippen molar-refractivity contribution in [2.45, 2.75) is 25.9 Å². The van der Waals surface area contributed by atoms with E-state index in [2.05, 4.69) is 44.3 Å². The monoisotopic (exact) mass is 348 g/mol. The lowest BCUT2D eigenvalue weighted by atomic mass is 10.1. The number of thiophene rings is 1. The molecule has 0 unspecified atom stereocenters. The van der Waals surface area contributed by atoms with Gasteiger partial charge in [-0.2, -0.15) is 11.3 Å². The molecule has 2 aromatic rings. The number of urea groups is 1. The predicted octanol–water partition coefficient (Wildman–Crippen LogP) is 1.82.